The highest BCUT2D eigenvalue weighted by molar-refractivity contribution is 7.94. The van der Waals surface area contributed by atoms with Crippen LogP contribution in [0.25, 0.3) is 0 Å². The Morgan fingerprint density at radius 2 is 1.70 bits per heavy atom. The quantitative estimate of drug-likeness (QED) is 0.0454. The van der Waals surface area contributed by atoms with Crippen LogP contribution in [0.1, 0.15) is 77.3 Å². The van der Waals surface area contributed by atoms with E-state index in [1.165, 1.54) is 22.5 Å². The van der Waals surface area contributed by atoms with Gasteiger partial charge in [-0.3, -0.25) is 9.94 Å². The predicted octanol–water partition coefficient (Wildman–Crippen LogP) is 6.70. The summed E-state index contributed by atoms with van der Waals surface area (Å²) in [5.74, 6) is 0.270. The van der Waals surface area contributed by atoms with E-state index in [2.05, 4.69) is 107 Å². The van der Waals surface area contributed by atoms with Crippen LogP contribution < -0.4 is 10.2 Å². The van der Waals surface area contributed by atoms with Crippen molar-refractivity contribution in [2.75, 3.05) is 42.6 Å². The predicted molar refractivity (Wildman–Crippen MR) is 203 cm³/mol. The first-order valence-corrected chi connectivity index (χ1v) is 20.7. The molecule has 1 aliphatic carbocycles. The fraction of sp³-hybridized carbons (Fsp3) is 0.450. The number of fused-ring (bicyclic) bond motifs is 2. The minimum absolute atomic E-state index is 0.249. The van der Waals surface area contributed by atoms with E-state index in [1.54, 1.807) is 4.90 Å². The molecule has 3 aliphatic heterocycles. The van der Waals surface area contributed by atoms with E-state index in [-0.39, 0.29) is 22.7 Å². The van der Waals surface area contributed by atoms with E-state index in [1.807, 2.05) is 12.1 Å². The number of amides is 1. The van der Waals surface area contributed by atoms with Gasteiger partial charge in [0.05, 0.1) is 27.8 Å². The Bertz CT molecular complexity index is 1980. The summed E-state index contributed by atoms with van der Waals surface area (Å²) in [6, 6.07) is 16.7. The molecule has 0 spiro atoms. The van der Waals surface area contributed by atoms with Crippen LogP contribution in [-0.4, -0.2) is 72.0 Å². The van der Waals surface area contributed by atoms with Gasteiger partial charge in [-0.15, -0.1) is 0 Å². The van der Waals surface area contributed by atoms with Gasteiger partial charge in [0.15, 0.2) is 5.71 Å². The van der Waals surface area contributed by atoms with E-state index in [0.29, 0.717) is 38.3 Å². The van der Waals surface area contributed by atoms with Gasteiger partial charge in [-0.25, -0.2) is 13.2 Å². The summed E-state index contributed by atoms with van der Waals surface area (Å²) >= 11 is 1.01. The molecule has 4 aliphatic rings. The van der Waals surface area contributed by atoms with Gasteiger partial charge in [0, 0.05) is 71.0 Å². The Morgan fingerprint density at radius 1 is 0.943 bits per heavy atom. The van der Waals surface area contributed by atoms with Crippen molar-refractivity contribution >= 4 is 45.3 Å². The number of hydrogen-bond acceptors (Lipinski definition) is 10. The van der Waals surface area contributed by atoms with Crippen molar-refractivity contribution in [2.45, 2.75) is 77.0 Å². The van der Waals surface area contributed by atoms with Crippen molar-refractivity contribution in [3.05, 3.63) is 107 Å². The van der Waals surface area contributed by atoms with Gasteiger partial charge in [0.2, 0.25) is 5.69 Å². The third-order valence-electron chi connectivity index (χ3n) is 10.7. The summed E-state index contributed by atoms with van der Waals surface area (Å²) in [4.78, 5) is 17.2. The number of unbranched alkanes of at least 4 members (excludes halogenated alkanes) is 2. The highest BCUT2D eigenvalue weighted by Crippen LogP contribution is 2.48. The topological polar surface area (TPSA) is 135 Å². The van der Waals surface area contributed by atoms with Crippen molar-refractivity contribution < 1.29 is 41.7 Å². The molecular formula is C40H48N3O8S2-. The lowest BCUT2D eigenvalue weighted by molar-refractivity contribution is -0.777. The monoisotopic (exact) mass is 762 g/mol. The number of allylic oxidation sites excluding steroid dienone is 7. The molecule has 0 radical (unpaired) electrons. The van der Waals surface area contributed by atoms with E-state index in [4.69, 9.17) is 4.74 Å². The minimum Gasteiger partial charge on any atom is -0.748 e. The third-order valence-corrected chi connectivity index (χ3v) is 12.1. The van der Waals surface area contributed by atoms with Gasteiger partial charge in [-0.1, -0.05) is 62.4 Å². The molecule has 6 rings (SSSR count). The lowest BCUT2D eigenvalue weighted by Gasteiger charge is -2.27. The van der Waals surface area contributed by atoms with Crippen molar-refractivity contribution in [3.8, 4) is 0 Å². The number of anilines is 1. The second-order valence-corrected chi connectivity index (χ2v) is 17.1. The zero-order chi connectivity index (χ0) is 37.8. The number of cyclic esters (lactones) is 1. The summed E-state index contributed by atoms with van der Waals surface area (Å²) in [6.07, 6.45) is 12.4. The molecule has 2 aromatic carbocycles. The molecule has 0 saturated carbocycles. The maximum Gasteiger partial charge on any atom is 0.414 e. The molecule has 1 saturated heterocycles. The van der Waals surface area contributed by atoms with Crippen LogP contribution >= 0.6 is 12.0 Å². The molecule has 53 heavy (non-hydrogen) atoms. The second-order valence-electron chi connectivity index (χ2n) is 14.8. The zero-order valence-electron chi connectivity index (χ0n) is 30.8. The Hall–Kier alpha value is -3.72. The fourth-order valence-corrected chi connectivity index (χ4v) is 9.12. The van der Waals surface area contributed by atoms with E-state index < -0.39 is 10.1 Å². The summed E-state index contributed by atoms with van der Waals surface area (Å²) in [6.45, 7) is 11.0. The van der Waals surface area contributed by atoms with Crippen LogP contribution in [0.4, 0.5) is 16.2 Å². The number of rotatable bonds is 16. The number of para-hydroxylation sites is 2. The third kappa shape index (κ3) is 8.35. The zero-order valence-corrected chi connectivity index (χ0v) is 32.5. The van der Waals surface area contributed by atoms with Crippen molar-refractivity contribution in [1.29, 1.82) is 0 Å². The summed E-state index contributed by atoms with van der Waals surface area (Å²) in [5.41, 5.74) is 9.38. The average molecular weight is 763 g/mol. The molecule has 1 amide bonds. The molecule has 0 bridgehead atoms. The van der Waals surface area contributed by atoms with Gasteiger partial charge in [-0.05, 0) is 74.8 Å². The fourth-order valence-electron chi connectivity index (χ4n) is 8.14. The van der Waals surface area contributed by atoms with E-state index in [9.17, 15) is 23.0 Å². The van der Waals surface area contributed by atoms with E-state index in [0.717, 1.165) is 72.5 Å². The van der Waals surface area contributed by atoms with Crippen LogP contribution in [-0.2, 0) is 35.1 Å². The Morgan fingerprint density at radius 3 is 2.43 bits per heavy atom. The number of carbonyl (C=O) groups excluding carboxylic acids is 1. The van der Waals surface area contributed by atoms with Gasteiger partial charge < -0.3 is 19.4 Å². The Kier molecular flexibility index (Phi) is 12.0. The Balaban J connectivity index is 1.34. The molecule has 1 fully saturated rings. The van der Waals surface area contributed by atoms with Gasteiger partial charge in [0.25, 0.3) is 0 Å². The molecule has 0 unspecified atom stereocenters. The van der Waals surface area contributed by atoms with Crippen molar-refractivity contribution in [1.82, 2.24) is 4.90 Å². The highest BCUT2D eigenvalue weighted by Gasteiger charge is 2.44. The SMILES string of the molecule is CC1(C)C(/C=C/C2=C(N3CCOC3=O)C(=C/C=C3/N(CCCCSOO[O-])c4ccccc4C3(C)C)/CC2)=[N+](CCCCS(=O)(=O)[O-])c2ccccc21. The lowest BCUT2D eigenvalue weighted by atomic mass is 9.81. The molecule has 11 nitrogen and oxygen atoms in total. The first-order valence-electron chi connectivity index (χ1n) is 18.2. The van der Waals surface area contributed by atoms with Crippen LogP contribution in [0.5, 0.6) is 0 Å². The molecule has 284 valence electrons. The summed E-state index contributed by atoms with van der Waals surface area (Å²) < 4.78 is 46.0. The minimum atomic E-state index is -4.27. The van der Waals surface area contributed by atoms with Gasteiger partial charge >= 0.3 is 6.09 Å². The number of benzene rings is 2. The highest BCUT2D eigenvalue weighted by atomic mass is 32.2. The number of carbonyl (C=O) groups is 1. The molecule has 13 heteroatoms. The number of ether oxygens (including phenoxy) is 1. The smallest absolute Gasteiger partial charge is 0.414 e. The molecule has 0 atom stereocenters. The standard InChI is InChI=1S/C40H49N3O8S2/c1-39(2)31-13-5-7-15-33(31)41(23-9-11-27-52-51-50-45)35(39)21-19-29-17-18-30(37(29)43-25-26-49-38(43)44)20-22-36-40(3,4)32-14-6-8-16-34(32)42(36)24-10-12-28-53(46,47)48/h5-8,13-16,19-22H,9-12,17-18,23-28H2,1-4H3,(H-,45,46,47,48)/p-1. The lowest BCUT2D eigenvalue weighted by Crippen LogP contribution is -2.28. The van der Waals surface area contributed by atoms with Gasteiger partial charge in [-0.2, -0.15) is 8.91 Å². The maximum atomic E-state index is 13.1. The maximum absolute atomic E-state index is 13.1. The molecule has 3 heterocycles. The summed E-state index contributed by atoms with van der Waals surface area (Å²) in [5, 5.41) is 13.6. The van der Waals surface area contributed by atoms with E-state index >= 15 is 0 Å². The van der Waals surface area contributed by atoms with Crippen molar-refractivity contribution in [2.24, 2.45) is 0 Å². The van der Waals surface area contributed by atoms with Crippen LogP contribution in [0.2, 0.25) is 0 Å². The largest absolute Gasteiger partial charge is 0.748 e. The molecule has 0 N–H and O–H groups in total. The molecule has 2 aromatic rings. The van der Waals surface area contributed by atoms with Crippen molar-refractivity contribution in [3.63, 3.8) is 0 Å². The van der Waals surface area contributed by atoms with Crippen LogP contribution in [0.15, 0.2) is 95.4 Å². The summed E-state index contributed by atoms with van der Waals surface area (Å²) in [7, 11) is -4.27. The molecule has 0 aromatic heterocycles. The van der Waals surface area contributed by atoms with Crippen LogP contribution in [0, 0.1) is 0 Å². The average Bonchev–Trinajstić information content (AvgIpc) is 3.83. The normalized spacial score (nSPS) is 20.8. The Labute approximate surface area is 317 Å². The van der Waals surface area contributed by atoms with Gasteiger partial charge in [0.1, 0.15) is 13.2 Å². The number of nitrogens with zero attached hydrogens (tertiary/aromatic N) is 3. The second kappa shape index (κ2) is 16.3. The van der Waals surface area contributed by atoms with Crippen LogP contribution in [0.3, 0.4) is 0 Å². The first kappa shape index (κ1) is 39.0. The first-order chi connectivity index (χ1) is 25.3. The number of hydrogen-bond donors (Lipinski definition) is 0. The molecular weight excluding hydrogens is 715 g/mol.